The van der Waals surface area contributed by atoms with Crippen LogP contribution in [0.2, 0.25) is 0 Å². The van der Waals surface area contributed by atoms with Gasteiger partial charge in [-0.25, -0.2) is 0 Å². The van der Waals surface area contributed by atoms with E-state index in [1.807, 2.05) is 26.0 Å². The molecule has 0 bridgehead atoms. The number of hydrogen-bond acceptors (Lipinski definition) is 1. The largest absolute Gasteiger partial charge is 0.356 e. The molecule has 0 heterocycles. The van der Waals surface area contributed by atoms with Crippen molar-refractivity contribution >= 4 is 5.96 Å². The van der Waals surface area contributed by atoms with Gasteiger partial charge in [-0.3, -0.25) is 4.99 Å². The van der Waals surface area contributed by atoms with Crippen molar-refractivity contribution in [3.63, 3.8) is 0 Å². The molecule has 0 aromatic heterocycles. The number of nitrogens with one attached hydrogen (secondary N) is 1. The van der Waals surface area contributed by atoms with Crippen LogP contribution in [-0.4, -0.2) is 38.5 Å². The molecule has 1 aliphatic rings. The number of guanidine groups is 1. The van der Waals surface area contributed by atoms with E-state index in [-0.39, 0.29) is 0 Å². The summed E-state index contributed by atoms with van der Waals surface area (Å²) in [6.45, 7) is 0.997. The zero-order valence-corrected chi connectivity index (χ0v) is 10.2. The lowest BCUT2D eigenvalue weighted by atomic mass is 9.97. The Morgan fingerprint density at radius 3 is 2.80 bits per heavy atom. The molecular formula is C12H23N3. The predicted octanol–water partition coefficient (Wildman–Crippen LogP) is 2.01. The fourth-order valence-electron chi connectivity index (χ4n) is 1.90. The molecule has 0 radical (unpaired) electrons. The first-order valence-electron chi connectivity index (χ1n) is 5.80. The van der Waals surface area contributed by atoms with Gasteiger partial charge in [-0.15, -0.1) is 0 Å². The smallest absolute Gasteiger partial charge is 0.193 e. The molecule has 0 fully saturated rings. The quantitative estimate of drug-likeness (QED) is 0.437. The molecule has 0 saturated carbocycles. The first-order chi connectivity index (χ1) is 7.24. The molecule has 0 spiro atoms. The van der Waals surface area contributed by atoms with Crippen molar-refractivity contribution in [2.75, 3.05) is 27.7 Å². The van der Waals surface area contributed by atoms with Crippen LogP contribution in [0, 0.1) is 0 Å². The Bertz CT molecular complexity index is 241. The van der Waals surface area contributed by atoms with E-state index in [0.29, 0.717) is 0 Å². The van der Waals surface area contributed by atoms with Gasteiger partial charge in [0.1, 0.15) is 0 Å². The van der Waals surface area contributed by atoms with Crippen molar-refractivity contribution in [2.24, 2.45) is 4.99 Å². The number of aliphatic imine (C=N–C) groups is 1. The highest BCUT2D eigenvalue weighted by molar-refractivity contribution is 5.79. The molecule has 0 atom stereocenters. The zero-order valence-electron chi connectivity index (χ0n) is 10.2. The first-order valence-corrected chi connectivity index (χ1v) is 5.80. The normalized spacial score (nSPS) is 17.3. The minimum absolute atomic E-state index is 0.964. The highest BCUT2D eigenvalue weighted by atomic mass is 15.3. The second-order valence-corrected chi connectivity index (χ2v) is 4.23. The average Bonchev–Trinajstić information content (AvgIpc) is 2.25. The fraction of sp³-hybridized carbons (Fsp3) is 0.750. The molecule has 1 rings (SSSR count). The summed E-state index contributed by atoms with van der Waals surface area (Å²) >= 11 is 0. The molecule has 0 aliphatic heterocycles. The highest BCUT2D eigenvalue weighted by Crippen LogP contribution is 2.19. The number of rotatable bonds is 3. The van der Waals surface area contributed by atoms with Crippen molar-refractivity contribution in [3.05, 3.63) is 11.6 Å². The van der Waals surface area contributed by atoms with Gasteiger partial charge in [0.25, 0.3) is 0 Å². The summed E-state index contributed by atoms with van der Waals surface area (Å²) in [4.78, 5) is 6.19. The molecule has 0 unspecified atom stereocenters. The number of hydrogen-bond donors (Lipinski definition) is 1. The summed E-state index contributed by atoms with van der Waals surface area (Å²) in [5, 5.41) is 3.35. The van der Waals surface area contributed by atoms with Crippen molar-refractivity contribution in [2.45, 2.75) is 32.1 Å². The minimum atomic E-state index is 0.964. The molecule has 0 aromatic carbocycles. The molecule has 0 aromatic rings. The van der Waals surface area contributed by atoms with E-state index in [0.717, 1.165) is 18.9 Å². The lowest BCUT2D eigenvalue weighted by Crippen LogP contribution is -2.36. The third-order valence-corrected chi connectivity index (χ3v) is 2.75. The summed E-state index contributed by atoms with van der Waals surface area (Å²) in [5.41, 5.74) is 1.61. The van der Waals surface area contributed by atoms with E-state index in [2.05, 4.69) is 16.4 Å². The lowest BCUT2D eigenvalue weighted by Gasteiger charge is -2.18. The van der Waals surface area contributed by atoms with Crippen LogP contribution < -0.4 is 5.32 Å². The van der Waals surface area contributed by atoms with E-state index in [1.54, 1.807) is 5.57 Å². The van der Waals surface area contributed by atoms with Crippen LogP contribution >= 0.6 is 0 Å². The van der Waals surface area contributed by atoms with Gasteiger partial charge < -0.3 is 10.2 Å². The summed E-state index contributed by atoms with van der Waals surface area (Å²) in [6, 6.07) is 0. The summed E-state index contributed by atoms with van der Waals surface area (Å²) in [7, 11) is 5.84. The van der Waals surface area contributed by atoms with Crippen LogP contribution in [0.1, 0.15) is 32.1 Å². The third-order valence-electron chi connectivity index (χ3n) is 2.75. The van der Waals surface area contributed by atoms with Gasteiger partial charge >= 0.3 is 0 Å². The van der Waals surface area contributed by atoms with Gasteiger partial charge in [-0.05, 0) is 32.1 Å². The molecule has 1 N–H and O–H groups in total. The van der Waals surface area contributed by atoms with Crippen LogP contribution in [0.25, 0.3) is 0 Å². The molecule has 0 amide bonds. The maximum atomic E-state index is 4.18. The van der Waals surface area contributed by atoms with Gasteiger partial charge in [0.05, 0.1) is 0 Å². The van der Waals surface area contributed by atoms with E-state index in [4.69, 9.17) is 0 Å². The third kappa shape index (κ3) is 4.36. The fourth-order valence-corrected chi connectivity index (χ4v) is 1.90. The first kappa shape index (κ1) is 12.1. The topological polar surface area (TPSA) is 27.6 Å². The van der Waals surface area contributed by atoms with Crippen molar-refractivity contribution in [1.82, 2.24) is 10.2 Å². The van der Waals surface area contributed by atoms with Gasteiger partial charge in [0, 0.05) is 27.7 Å². The van der Waals surface area contributed by atoms with Gasteiger partial charge in [0.15, 0.2) is 5.96 Å². The maximum Gasteiger partial charge on any atom is 0.193 e. The standard InChI is InChI=1S/C12H23N3/c1-13-12(15(2)3)14-10-9-11-7-5-4-6-8-11/h7H,4-6,8-10H2,1-3H3,(H,13,14). The lowest BCUT2D eigenvalue weighted by molar-refractivity contribution is 0.579. The summed E-state index contributed by atoms with van der Waals surface area (Å²) in [6.07, 6.45) is 8.88. The predicted molar refractivity (Wildman–Crippen MR) is 66.2 cm³/mol. The van der Waals surface area contributed by atoms with Gasteiger partial charge in [-0.2, -0.15) is 0 Å². The van der Waals surface area contributed by atoms with E-state index >= 15 is 0 Å². The van der Waals surface area contributed by atoms with E-state index < -0.39 is 0 Å². The molecule has 15 heavy (non-hydrogen) atoms. The highest BCUT2D eigenvalue weighted by Gasteiger charge is 2.04. The molecule has 3 nitrogen and oxygen atoms in total. The van der Waals surface area contributed by atoms with E-state index in [1.165, 1.54) is 25.7 Å². The van der Waals surface area contributed by atoms with Crippen molar-refractivity contribution < 1.29 is 0 Å². The van der Waals surface area contributed by atoms with Gasteiger partial charge in [-0.1, -0.05) is 11.6 Å². The summed E-state index contributed by atoms with van der Waals surface area (Å²) in [5.74, 6) is 0.964. The van der Waals surface area contributed by atoms with Gasteiger partial charge in [0.2, 0.25) is 0 Å². The van der Waals surface area contributed by atoms with Crippen LogP contribution in [0.3, 0.4) is 0 Å². The second-order valence-electron chi connectivity index (χ2n) is 4.23. The monoisotopic (exact) mass is 209 g/mol. The molecule has 86 valence electrons. The Hall–Kier alpha value is -0.990. The van der Waals surface area contributed by atoms with Crippen LogP contribution in [0.15, 0.2) is 16.6 Å². The number of allylic oxidation sites excluding steroid dienone is 1. The Labute approximate surface area is 93.3 Å². The minimum Gasteiger partial charge on any atom is -0.356 e. The van der Waals surface area contributed by atoms with E-state index in [9.17, 15) is 0 Å². The molecule has 3 heteroatoms. The van der Waals surface area contributed by atoms with Crippen LogP contribution in [0.5, 0.6) is 0 Å². The maximum absolute atomic E-state index is 4.18. The number of nitrogens with zero attached hydrogens (tertiary/aromatic N) is 2. The SMILES string of the molecule is CN=C(NCCC1=CCCCC1)N(C)C. The molecule has 0 saturated heterocycles. The average molecular weight is 209 g/mol. The van der Waals surface area contributed by atoms with Crippen molar-refractivity contribution in [3.8, 4) is 0 Å². The van der Waals surface area contributed by atoms with Crippen LogP contribution in [0.4, 0.5) is 0 Å². The zero-order chi connectivity index (χ0) is 11.1. The molecular weight excluding hydrogens is 186 g/mol. The Kier molecular flexibility index (Phi) is 5.22. The molecule has 1 aliphatic carbocycles. The van der Waals surface area contributed by atoms with Crippen molar-refractivity contribution in [1.29, 1.82) is 0 Å². The second kappa shape index (κ2) is 6.49. The Morgan fingerprint density at radius 1 is 1.47 bits per heavy atom. The summed E-state index contributed by atoms with van der Waals surface area (Å²) < 4.78 is 0. The van der Waals surface area contributed by atoms with Crippen LogP contribution in [-0.2, 0) is 0 Å². The Balaban J connectivity index is 2.23. The Morgan fingerprint density at radius 2 is 2.27 bits per heavy atom.